The number of nitrogens with zero attached hydrogens (tertiary/aromatic N) is 1. The molecule has 0 spiro atoms. The van der Waals surface area contributed by atoms with E-state index in [4.69, 9.17) is 0 Å². The van der Waals surface area contributed by atoms with Crippen LogP contribution in [0.15, 0.2) is 47.5 Å². The van der Waals surface area contributed by atoms with Gasteiger partial charge >= 0.3 is 0 Å². The van der Waals surface area contributed by atoms with Gasteiger partial charge in [-0.3, -0.25) is 9.78 Å². The molecule has 0 bridgehead atoms. The van der Waals surface area contributed by atoms with Gasteiger partial charge in [0.15, 0.2) is 5.43 Å². The Labute approximate surface area is 85.4 Å². The summed E-state index contributed by atoms with van der Waals surface area (Å²) >= 11 is 0. The van der Waals surface area contributed by atoms with Gasteiger partial charge in [0.05, 0.1) is 16.4 Å². The normalized spacial score (nSPS) is 10.9. The molecular formula is C12H8N2O. The van der Waals surface area contributed by atoms with Crippen molar-refractivity contribution in [1.29, 1.82) is 0 Å². The van der Waals surface area contributed by atoms with E-state index in [2.05, 4.69) is 9.97 Å². The van der Waals surface area contributed by atoms with Crippen molar-refractivity contribution in [2.75, 3.05) is 0 Å². The molecule has 0 amide bonds. The number of rotatable bonds is 0. The third-order valence-corrected chi connectivity index (χ3v) is 2.50. The van der Waals surface area contributed by atoms with Crippen molar-refractivity contribution in [3.63, 3.8) is 0 Å². The fourth-order valence-corrected chi connectivity index (χ4v) is 1.83. The molecule has 0 saturated heterocycles. The van der Waals surface area contributed by atoms with Gasteiger partial charge in [-0.05, 0) is 17.5 Å². The number of fused-ring (bicyclic) bond motifs is 3. The molecule has 3 rings (SSSR count). The second-order valence-electron chi connectivity index (χ2n) is 3.40. The summed E-state index contributed by atoms with van der Waals surface area (Å²) in [6, 6.07) is 9.10. The van der Waals surface area contributed by atoms with Gasteiger partial charge in [0.1, 0.15) is 0 Å². The Morgan fingerprint density at radius 2 is 2.07 bits per heavy atom. The summed E-state index contributed by atoms with van der Waals surface area (Å²) in [6.07, 6.45) is 3.41. The summed E-state index contributed by atoms with van der Waals surface area (Å²) < 4.78 is 0. The molecule has 1 heterocycles. The number of aromatic nitrogens is 2. The van der Waals surface area contributed by atoms with Crippen LogP contribution in [0.4, 0.5) is 0 Å². The Morgan fingerprint density at radius 1 is 1.13 bits per heavy atom. The Kier molecular flexibility index (Phi) is 1.59. The highest BCUT2D eigenvalue weighted by molar-refractivity contribution is 6.03. The third-order valence-electron chi connectivity index (χ3n) is 2.50. The van der Waals surface area contributed by atoms with E-state index >= 15 is 0 Å². The summed E-state index contributed by atoms with van der Waals surface area (Å²) in [7, 11) is 0. The van der Waals surface area contributed by atoms with Crippen molar-refractivity contribution in [2.24, 2.45) is 0 Å². The molecular weight excluding hydrogens is 188 g/mol. The molecule has 0 unspecified atom stereocenters. The molecule has 15 heavy (non-hydrogen) atoms. The summed E-state index contributed by atoms with van der Waals surface area (Å²) in [6.45, 7) is 0. The van der Waals surface area contributed by atoms with Gasteiger partial charge in [0.25, 0.3) is 0 Å². The van der Waals surface area contributed by atoms with Crippen LogP contribution in [0.2, 0.25) is 0 Å². The van der Waals surface area contributed by atoms with Crippen molar-refractivity contribution < 1.29 is 0 Å². The summed E-state index contributed by atoms with van der Waals surface area (Å²) in [4.78, 5) is 19.0. The zero-order chi connectivity index (χ0) is 10.3. The van der Waals surface area contributed by atoms with Crippen LogP contribution in [0, 0.1) is 0 Å². The Hall–Kier alpha value is -2.16. The Bertz CT molecular complexity index is 700. The molecule has 3 aromatic rings. The zero-order valence-electron chi connectivity index (χ0n) is 7.90. The topological polar surface area (TPSA) is 45.8 Å². The lowest BCUT2D eigenvalue weighted by atomic mass is 10.1. The first-order valence-electron chi connectivity index (χ1n) is 4.71. The minimum Gasteiger partial charge on any atom is -0.358 e. The van der Waals surface area contributed by atoms with E-state index < -0.39 is 0 Å². The lowest BCUT2D eigenvalue weighted by Crippen LogP contribution is -2.00. The molecule has 1 N–H and O–H groups in total. The van der Waals surface area contributed by atoms with Crippen LogP contribution in [0.1, 0.15) is 0 Å². The first-order chi connectivity index (χ1) is 7.36. The van der Waals surface area contributed by atoms with Gasteiger partial charge in [0, 0.05) is 12.4 Å². The molecule has 0 aliphatic heterocycles. The Morgan fingerprint density at radius 3 is 3.00 bits per heavy atom. The predicted octanol–water partition coefficient (Wildman–Crippen LogP) is 2.08. The van der Waals surface area contributed by atoms with Crippen LogP contribution in [-0.4, -0.2) is 9.97 Å². The van der Waals surface area contributed by atoms with Gasteiger partial charge < -0.3 is 4.98 Å². The van der Waals surface area contributed by atoms with Crippen LogP contribution in [0.3, 0.4) is 0 Å². The minimum atomic E-state index is 0.0300. The highest BCUT2D eigenvalue weighted by Crippen LogP contribution is 2.18. The smallest absolute Gasteiger partial charge is 0.188 e. The maximum atomic E-state index is 11.7. The van der Waals surface area contributed by atoms with E-state index in [1.807, 2.05) is 18.2 Å². The molecule has 0 fully saturated rings. The number of aromatic amines is 1. The van der Waals surface area contributed by atoms with E-state index in [1.54, 1.807) is 24.5 Å². The van der Waals surface area contributed by atoms with Gasteiger partial charge in [-0.25, -0.2) is 0 Å². The largest absolute Gasteiger partial charge is 0.358 e. The Balaban J connectivity index is 2.70. The number of nitrogens with one attached hydrogen (secondary N) is 1. The zero-order valence-corrected chi connectivity index (χ0v) is 7.90. The average molecular weight is 196 g/mol. The van der Waals surface area contributed by atoms with Crippen LogP contribution in [-0.2, 0) is 0 Å². The average Bonchev–Trinajstić information content (AvgIpc) is 2.29. The second kappa shape index (κ2) is 2.92. The molecule has 1 aromatic heterocycles. The van der Waals surface area contributed by atoms with Gasteiger partial charge in [-0.2, -0.15) is 0 Å². The monoisotopic (exact) mass is 196 g/mol. The molecule has 3 nitrogen and oxygen atoms in total. The van der Waals surface area contributed by atoms with Crippen molar-refractivity contribution in [2.45, 2.75) is 0 Å². The molecule has 72 valence electrons. The molecule has 0 saturated carbocycles. The lowest BCUT2D eigenvalue weighted by molar-refractivity contribution is 1.30. The molecule has 0 aliphatic rings. The van der Waals surface area contributed by atoms with Crippen molar-refractivity contribution >= 4 is 21.8 Å². The van der Waals surface area contributed by atoms with Crippen molar-refractivity contribution in [3.05, 3.63) is 52.9 Å². The molecule has 0 aliphatic carbocycles. The summed E-state index contributed by atoms with van der Waals surface area (Å²) in [5.74, 6) is 0. The summed E-state index contributed by atoms with van der Waals surface area (Å²) in [5.41, 5.74) is 1.65. The number of hydrogen-bond acceptors (Lipinski definition) is 2. The predicted molar refractivity (Wildman–Crippen MR) is 59.9 cm³/mol. The van der Waals surface area contributed by atoms with Crippen molar-refractivity contribution in [3.8, 4) is 0 Å². The number of hydrogen-bond donors (Lipinski definition) is 1. The number of H-pyrrole nitrogens is 1. The first-order valence-corrected chi connectivity index (χ1v) is 4.71. The molecule has 0 atom stereocenters. The maximum Gasteiger partial charge on any atom is 0.188 e. The van der Waals surface area contributed by atoms with Crippen LogP contribution in [0.5, 0.6) is 0 Å². The molecule has 3 heteroatoms. The van der Waals surface area contributed by atoms with Gasteiger partial charge in [-0.1, -0.05) is 18.2 Å². The van der Waals surface area contributed by atoms with Gasteiger partial charge in [-0.15, -0.1) is 0 Å². The molecule has 0 radical (unpaired) electrons. The highest BCUT2D eigenvalue weighted by atomic mass is 16.1. The first kappa shape index (κ1) is 8.17. The highest BCUT2D eigenvalue weighted by Gasteiger charge is 2.03. The second-order valence-corrected chi connectivity index (χ2v) is 3.40. The summed E-state index contributed by atoms with van der Waals surface area (Å²) in [5, 5.41) is 1.65. The van der Waals surface area contributed by atoms with Crippen LogP contribution >= 0.6 is 0 Å². The SMILES string of the molecule is O=c1cccc2ccc3ncc[nH]c3c12. The van der Waals surface area contributed by atoms with E-state index in [0.29, 0.717) is 5.39 Å². The maximum absolute atomic E-state index is 11.7. The third kappa shape index (κ3) is 1.13. The molecule has 2 aromatic carbocycles. The quantitative estimate of drug-likeness (QED) is 0.559. The number of benzene rings is 2. The van der Waals surface area contributed by atoms with Crippen LogP contribution in [0.25, 0.3) is 21.8 Å². The van der Waals surface area contributed by atoms with Crippen LogP contribution < -0.4 is 5.43 Å². The van der Waals surface area contributed by atoms with E-state index in [1.165, 1.54) is 0 Å². The standard InChI is InChI=1S/C12H8N2O/c15-10-3-1-2-8-4-5-9-12(11(8)10)14-7-6-13-9/h1-7,14H. The fraction of sp³-hybridized carbons (Fsp3) is 0. The lowest BCUT2D eigenvalue weighted by Gasteiger charge is -2.01. The fourth-order valence-electron chi connectivity index (χ4n) is 1.83. The van der Waals surface area contributed by atoms with Crippen molar-refractivity contribution in [1.82, 2.24) is 9.97 Å². The van der Waals surface area contributed by atoms with E-state index in [-0.39, 0.29) is 5.43 Å². The van der Waals surface area contributed by atoms with E-state index in [9.17, 15) is 4.79 Å². The van der Waals surface area contributed by atoms with E-state index in [0.717, 1.165) is 16.4 Å². The minimum absolute atomic E-state index is 0.0300. The van der Waals surface area contributed by atoms with Gasteiger partial charge in [0.2, 0.25) is 0 Å².